The zero-order valence-electron chi connectivity index (χ0n) is 15.2. The molecule has 1 aromatic heterocycles. The van der Waals surface area contributed by atoms with Gasteiger partial charge in [-0.3, -0.25) is 4.98 Å². The van der Waals surface area contributed by atoms with E-state index in [0.29, 0.717) is 25.3 Å². The first-order valence-electron chi connectivity index (χ1n) is 8.32. The highest BCUT2D eigenvalue weighted by molar-refractivity contribution is 5.74. The number of ether oxygens (including phenoxy) is 2. The predicted octanol–water partition coefficient (Wildman–Crippen LogP) is 3.15. The fourth-order valence-corrected chi connectivity index (χ4v) is 2.47. The summed E-state index contributed by atoms with van der Waals surface area (Å²) < 4.78 is 23.9. The van der Waals surface area contributed by atoms with Gasteiger partial charge in [-0.1, -0.05) is 6.07 Å². The first kappa shape index (κ1) is 19.7. The number of rotatable bonds is 8. The van der Waals surface area contributed by atoms with E-state index in [-0.39, 0.29) is 17.8 Å². The van der Waals surface area contributed by atoms with E-state index in [0.717, 1.165) is 5.56 Å². The molecule has 1 atom stereocenters. The molecular formula is C19H24FN3O3. The second kappa shape index (κ2) is 9.72. The van der Waals surface area contributed by atoms with Gasteiger partial charge in [-0.25, -0.2) is 9.18 Å². The van der Waals surface area contributed by atoms with Crippen molar-refractivity contribution >= 4 is 6.03 Å². The Bertz CT molecular complexity index is 712. The van der Waals surface area contributed by atoms with Gasteiger partial charge < -0.3 is 19.7 Å². The third-order valence-electron chi connectivity index (χ3n) is 3.99. The highest BCUT2D eigenvalue weighted by Gasteiger charge is 2.18. The quantitative estimate of drug-likeness (QED) is 0.785. The molecule has 2 rings (SSSR count). The zero-order valence-corrected chi connectivity index (χ0v) is 15.2. The summed E-state index contributed by atoms with van der Waals surface area (Å²) in [5, 5.41) is 2.90. The summed E-state index contributed by atoms with van der Waals surface area (Å²) in [6.45, 7) is 3.10. The number of nitrogens with zero attached hydrogens (tertiary/aromatic N) is 2. The summed E-state index contributed by atoms with van der Waals surface area (Å²) in [6, 6.07) is 7.76. The molecule has 2 aromatic rings. The number of amides is 2. The van der Waals surface area contributed by atoms with Crippen LogP contribution in [0.25, 0.3) is 0 Å². The predicted molar refractivity (Wildman–Crippen MR) is 96.4 cm³/mol. The van der Waals surface area contributed by atoms with Crippen molar-refractivity contribution in [3.63, 3.8) is 0 Å². The van der Waals surface area contributed by atoms with E-state index in [1.807, 2.05) is 12.1 Å². The first-order chi connectivity index (χ1) is 12.5. The van der Waals surface area contributed by atoms with Crippen molar-refractivity contribution in [3.05, 3.63) is 59.7 Å². The van der Waals surface area contributed by atoms with Gasteiger partial charge in [0.2, 0.25) is 0 Å². The van der Waals surface area contributed by atoms with E-state index in [4.69, 9.17) is 9.47 Å². The van der Waals surface area contributed by atoms with Crippen LogP contribution in [-0.2, 0) is 11.3 Å². The molecule has 140 valence electrons. The molecular weight excluding hydrogens is 337 g/mol. The molecule has 0 aliphatic heterocycles. The van der Waals surface area contributed by atoms with Gasteiger partial charge in [-0.2, -0.15) is 0 Å². The molecule has 0 saturated carbocycles. The Morgan fingerprint density at radius 3 is 2.62 bits per heavy atom. The van der Waals surface area contributed by atoms with Gasteiger partial charge in [0.1, 0.15) is 0 Å². The number of hydrogen-bond donors (Lipinski definition) is 1. The molecule has 0 radical (unpaired) electrons. The minimum atomic E-state index is -0.459. The number of carbonyl (C=O) groups is 1. The minimum Gasteiger partial charge on any atom is -0.494 e. The van der Waals surface area contributed by atoms with E-state index in [9.17, 15) is 9.18 Å². The molecule has 0 bridgehead atoms. The van der Waals surface area contributed by atoms with Gasteiger partial charge in [-0.05, 0) is 42.3 Å². The SMILES string of the molecule is COCCN(Cc1ccncc1)C(=O)N[C@@H](C)c1ccc(OC)c(F)c1. The molecule has 1 N–H and O–H groups in total. The van der Waals surface area contributed by atoms with E-state index in [1.54, 1.807) is 43.5 Å². The van der Waals surface area contributed by atoms with Gasteiger partial charge in [-0.15, -0.1) is 0 Å². The maximum absolute atomic E-state index is 13.9. The van der Waals surface area contributed by atoms with Crippen LogP contribution in [0.3, 0.4) is 0 Å². The molecule has 0 aliphatic rings. The fourth-order valence-electron chi connectivity index (χ4n) is 2.47. The monoisotopic (exact) mass is 361 g/mol. The van der Waals surface area contributed by atoms with Gasteiger partial charge in [0, 0.05) is 32.6 Å². The Morgan fingerprint density at radius 1 is 1.27 bits per heavy atom. The van der Waals surface area contributed by atoms with Crippen LogP contribution in [0.15, 0.2) is 42.7 Å². The van der Waals surface area contributed by atoms with Crippen LogP contribution < -0.4 is 10.1 Å². The summed E-state index contributed by atoms with van der Waals surface area (Å²) in [5.74, 6) is -0.286. The second-order valence-electron chi connectivity index (χ2n) is 5.83. The van der Waals surface area contributed by atoms with Crippen molar-refractivity contribution < 1.29 is 18.7 Å². The largest absolute Gasteiger partial charge is 0.494 e. The topological polar surface area (TPSA) is 63.7 Å². The lowest BCUT2D eigenvalue weighted by Crippen LogP contribution is -2.42. The highest BCUT2D eigenvalue weighted by Crippen LogP contribution is 2.22. The second-order valence-corrected chi connectivity index (χ2v) is 5.83. The average molecular weight is 361 g/mol. The van der Waals surface area contributed by atoms with E-state index >= 15 is 0 Å². The average Bonchev–Trinajstić information content (AvgIpc) is 2.65. The standard InChI is InChI=1S/C19H24FN3O3/c1-14(16-4-5-18(26-3)17(20)12-16)22-19(24)23(10-11-25-2)13-15-6-8-21-9-7-15/h4-9,12,14H,10-11,13H2,1-3H3,(H,22,24)/t14-/m0/s1. The van der Waals surface area contributed by atoms with E-state index < -0.39 is 5.82 Å². The molecule has 2 amide bonds. The van der Waals surface area contributed by atoms with Crippen LogP contribution in [0.5, 0.6) is 5.75 Å². The maximum Gasteiger partial charge on any atom is 0.318 e. The first-order valence-corrected chi connectivity index (χ1v) is 8.32. The molecule has 1 heterocycles. The Balaban J connectivity index is 2.06. The molecule has 0 fully saturated rings. The number of hydrogen-bond acceptors (Lipinski definition) is 4. The number of methoxy groups -OCH3 is 2. The third kappa shape index (κ3) is 5.42. The Kier molecular flexibility index (Phi) is 7.35. The number of halogens is 1. The lowest BCUT2D eigenvalue weighted by molar-refractivity contribution is 0.145. The molecule has 0 unspecified atom stereocenters. The van der Waals surface area contributed by atoms with Crippen LogP contribution in [0.2, 0.25) is 0 Å². The molecule has 0 saturated heterocycles. The number of nitrogens with one attached hydrogen (secondary N) is 1. The van der Waals surface area contributed by atoms with Crippen molar-refractivity contribution in [2.45, 2.75) is 19.5 Å². The molecule has 0 spiro atoms. The highest BCUT2D eigenvalue weighted by atomic mass is 19.1. The number of urea groups is 1. The summed E-state index contributed by atoms with van der Waals surface area (Å²) in [6.07, 6.45) is 3.37. The van der Waals surface area contributed by atoms with Crippen molar-refractivity contribution in [1.82, 2.24) is 15.2 Å². The van der Waals surface area contributed by atoms with Crippen LogP contribution in [-0.4, -0.2) is 43.3 Å². The van der Waals surface area contributed by atoms with E-state index in [2.05, 4.69) is 10.3 Å². The molecule has 7 heteroatoms. The van der Waals surface area contributed by atoms with Crippen molar-refractivity contribution in [1.29, 1.82) is 0 Å². The Labute approximate surface area is 152 Å². The molecule has 6 nitrogen and oxygen atoms in total. The summed E-state index contributed by atoms with van der Waals surface area (Å²) in [7, 11) is 3.00. The number of benzene rings is 1. The van der Waals surface area contributed by atoms with Gasteiger partial charge in [0.15, 0.2) is 11.6 Å². The smallest absolute Gasteiger partial charge is 0.318 e. The molecule has 1 aromatic carbocycles. The summed E-state index contributed by atoms with van der Waals surface area (Å²) in [4.78, 5) is 18.3. The van der Waals surface area contributed by atoms with E-state index in [1.165, 1.54) is 13.2 Å². The fraction of sp³-hybridized carbons (Fsp3) is 0.368. The number of carbonyl (C=O) groups excluding carboxylic acids is 1. The van der Waals surface area contributed by atoms with Crippen LogP contribution in [0.1, 0.15) is 24.1 Å². The van der Waals surface area contributed by atoms with Crippen molar-refractivity contribution in [3.8, 4) is 5.75 Å². The zero-order chi connectivity index (χ0) is 18.9. The van der Waals surface area contributed by atoms with Crippen LogP contribution in [0, 0.1) is 5.82 Å². The molecule has 0 aliphatic carbocycles. The normalized spacial score (nSPS) is 11.7. The van der Waals surface area contributed by atoms with Gasteiger partial charge >= 0.3 is 6.03 Å². The maximum atomic E-state index is 13.9. The number of pyridine rings is 1. The lowest BCUT2D eigenvalue weighted by Gasteiger charge is -2.25. The lowest BCUT2D eigenvalue weighted by atomic mass is 10.1. The van der Waals surface area contributed by atoms with Gasteiger partial charge in [0.25, 0.3) is 0 Å². The minimum absolute atomic E-state index is 0.173. The molecule has 26 heavy (non-hydrogen) atoms. The summed E-state index contributed by atoms with van der Waals surface area (Å²) in [5.41, 5.74) is 1.63. The van der Waals surface area contributed by atoms with Crippen LogP contribution >= 0.6 is 0 Å². The third-order valence-corrected chi connectivity index (χ3v) is 3.99. The summed E-state index contributed by atoms with van der Waals surface area (Å²) >= 11 is 0. The number of aromatic nitrogens is 1. The Morgan fingerprint density at radius 2 is 2.00 bits per heavy atom. The van der Waals surface area contributed by atoms with Crippen molar-refractivity contribution in [2.24, 2.45) is 0 Å². The Hall–Kier alpha value is -2.67. The van der Waals surface area contributed by atoms with Crippen LogP contribution in [0.4, 0.5) is 9.18 Å². The van der Waals surface area contributed by atoms with Gasteiger partial charge in [0.05, 0.1) is 19.8 Å². The van der Waals surface area contributed by atoms with Crippen molar-refractivity contribution in [2.75, 3.05) is 27.4 Å².